The predicted molar refractivity (Wildman–Crippen MR) is 62.3 cm³/mol. The quantitative estimate of drug-likeness (QED) is 0.359. The number of hydrogen-bond acceptors (Lipinski definition) is 3. The van der Waals surface area contributed by atoms with Crippen LogP contribution in [-0.4, -0.2) is 19.5 Å². The van der Waals surface area contributed by atoms with Crippen LogP contribution in [0, 0.1) is 0 Å². The van der Waals surface area contributed by atoms with Gasteiger partial charge >= 0.3 is 0 Å². The van der Waals surface area contributed by atoms with Crippen molar-refractivity contribution in [2.24, 2.45) is 5.73 Å². The second-order valence-electron chi connectivity index (χ2n) is 3.09. The number of allylic oxidation sites excluding steroid dienone is 3. The summed E-state index contributed by atoms with van der Waals surface area (Å²) in [5.74, 6) is 0. The van der Waals surface area contributed by atoms with Crippen molar-refractivity contribution >= 4 is 6.29 Å². The molecular formula is C12H19NO2. The fourth-order valence-corrected chi connectivity index (χ4v) is 1.15. The van der Waals surface area contributed by atoms with Crippen LogP contribution >= 0.6 is 0 Å². The lowest BCUT2D eigenvalue weighted by Gasteiger charge is -2.04. The number of nitrogens with two attached hydrogens (primary N) is 1. The van der Waals surface area contributed by atoms with E-state index >= 15 is 0 Å². The molecule has 15 heavy (non-hydrogen) atoms. The van der Waals surface area contributed by atoms with Gasteiger partial charge in [0.2, 0.25) is 0 Å². The van der Waals surface area contributed by atoms with Crippen LogP contribution in [0.3, 0.4) is 0 Å². The summed E-state index contributed by atoms with van der Waals surface area (Å²) in [6.45, 7) is 8.09. The highest BCUT2D eigenvalue weighted by Gasteiger charge is 1.97. The molecule has 0 saturated heterocycles. The third-order valence-electron chi connectivity index (χ3n) is 2.01. The number of rotatable bonds is 9. The molecule has 0 bridgehead atoms. The first-order chi connectivity index (χ1) is 7.26. The fourth-order valence-electron chi connectivity index (χ4n) is 1.15. The van der Waals surface area contributed by atoms with Crippen molar-refractivity contribution in [2.75, 3.05) is 13.2 Å². The summed E-state index contributed by atoms with van der Waals surface area (Å²) in [7, 11) is 0. The standard InChI is InChI=1S/C12H19NO2/c1-3-11(12(13)4-2)7-5-6-9-15-10-8-14/h3-4,8H,1-2,5-7,9-10,13H2/b12-11-. The minimum atomic E-state index is 0.180. The summed E-state index contributed by atoms with van der Waals surface area (Å²) in [6.07, 6.45) is 6.88. The highest BCUT2D eigenvalue weighted by atomic mass is 16.5. The van der Waals surface area contributed by atoms with E-state index in [0.29, 0.717) is 12.3 Å². The van der Waals surface area contributed by atoms with Gasteiger partial charge in [0.1, 0.15) is 12.9 Å². The van der Waals surface area contributed by atoms with Gasteiger partial charge < -0.3 is 15.3 Å². The van der Waals surface area contributed by atoms with Gasteiger partial charge in [-0.25, -0.2) is 0 Å². The molecule has 0 rings (SSSR count). The van der Waals surface area contributed by atoms with Crippen LogP contribution in [0.25, 0.3) is 0 Å². The van der Waals surface area contributed by atoms with Crippen LogP contribution < -0.4 is 5.73 Å². The molecule has 0 spiro atoms. The zero-order valence-electron chi connectivity index (χ0n) is 9.08. The highest BCUT2D eigenvalue weighted by Crippen LogP contribution is 2.11. The lowest BCUT2D eigenvalue weighted by molar-refractivity contribution is -0.111. The van der Waals surface area contributed by atoms with Gasteiger partial charge in [0.05, 0.1) is 0 Å². The number of hydrogen-bond donors (Lipinski definition) is 1. The Labute approximate surface area is 91.3 Å². The molecule has 0 unspecified atom stereocenters. The average Bonchev–Trinajstić information content (AvgIpc) is 2.27. The van der Waals surface area contributed by atoms with E-state index in [2.05, 4.69) is 13.2 Å². The van der Waals surface area contributed by atoms with E-state index in [9.17, 15) is 4.79 Å². The van der Waals surface area contributed by atoms with Gasteiger partial charge in [-0.1, -0.05) is 19.2 Å². The van der Waals surface area contributed by atoms with E-state index in [-0.39, 0.29) is 6.61 Å². The Bertz CT molecular complexity index is 244. The molecule has 0 aliphatic heterocycles. The number of carbonyl (C=O) groups is 1. The molecular weight excluding hydrogens is 190 g/mol. The average molecular weight is 209 g/mol. The van der Waals surface area contributed by atoms with Gasteiger partial charge in [-0.15, -0.1) is 0 Å². The zero-order valence-corrected chi connectivity index (χ0v) is 9.08. The largest absolute Gasteiger partial charge is 0.399 e. The summed E-state index contributed by atoms with van der Waals surface area (Å²) in [5.41, 5.74) is 7.40. The molecule has 0 radical (unpaired) electrons. The summed E-state index contributed by atoms with van der Waals surface area (Å²) in [4.78, 5) is 9.95. The lowest BCUT2D eigenvalue weighted by atomic mass is 10.1. The van der Waals surface area contributed by atoms with Crippen LogP contribution in [0.2, 0.25) is 0 Å². The van der Waals surface area contributed by atoms with Crippen molar-refractivity contribution in [3.8, 4) is 0 Å². The molecule has 0 heterocycles. The molecule has 84 valence electrons. The molecule has 0 atom stereocenters. The predicted octanol–water partition coefficient (Wildman–Crippen LogP) is 1.96. The molecule has 0 aliphatic rings. The van der Waals surface area contributed by atoms with Crippen molar-refractivity contribution in [3.05, 3.63) is 36.6 Å². The van der Waals surface area contributed by atoms with E-state index in [0.717, 1.165) is 31.1 Å². The Balaban J connectivity index is 3.69. The van der Waals surface area contributed by atoms with E-state index < -0.39 is 0 Å². The Morgan fingerprint density at radius 3 is 2.53 bits per heavy atom. The maximum absolute atomic E-state index is 9.95. The van der Waals surface area contributed by atoms with Crippen LogP contribution in [0.5, 0.6) is 0 Å². The Hall–Kier alpha value is -1.35. The first-order valence-electron chi connectivity index (χ1n) is 5.01. The van der Waals surface area contributed by atoms with Gasteiger partial charge in [0.15, 0.2) is 0 Å². The van der Waals surface area contributed by atoms with Crippen LogP contribution in [-0.2, 0) is 9.53 Å². The number of carbonyl (C=O) groups excluding carboxylic acids is 1. The third kappa shape index (κ3) is 6.69. The molecule has 0 saturated carbocycles. The minimum Gasteiger partial charge on any atom is -0.399 e. The normalized spacial score (nSPS) is 11.7. The Morgan fingerprint density at radius 2 is 2.00 bits per heavy atom. The number of ether oxygens (including phenoxy) is 1. The summed E-state index contributed by atoms with van der Waals surface area (Å²) >= 11 is 0. The maximum Gasteiger partial charge on any atom is 0.145 e. The smallest absolute Gasteiger partial charge is 0.145 e. The van der Waals surface area contributed by atoms with Gasteiger partial charge in [-0.3, -0.25) is 0 Å². The second-order valence-corrected chi connectivity index (χ2v) is 3.09. The van der Waals surface area contributed by atoms with Crippen molar-refractivity contribution in [1.82, 2.24) is 0 Å². The fraction of sp³-hybridized carbons (Fsp3) is 0.417. The number of unbranched alkanes of at least 4 members (excludes halogenated alkanes) is 1. The zero-order chi connectivity index (χ0) is 11.5. The van der Waals surface area contributed by atoms with Gasteiger partial charge in [0.25, 0.3) is 0 Å². The van der Waals surface area contributed by atoms with E-state index in [4.69, 9.17) is 10.5 Å². The number of aldehydes is 1. The lowest BCUT2D eigenvalue weighted by Crippen LogP contribution is -2.00. The Kier molecular flexibility index (Phi) is 8.39. The molecule has 2 N–H and O–H groups in total. The van der Waals surface area contributed by atoms with Crippen molar-refractivity contribution < 1.29 is 9.53 Å². The van der Waals surface area contributed by atoms with Gasteiger partial charge in [-0.2, -0.15) is 0 Å². The van der Waals surface area contributed by atoms with Crippen LogP contribution in [0.1, 0.15) is 19.3 Å². The minimum absolute atomic E-state index is 0.180. The molecule has 0 amide bonds. The summed E-state index contributed by atoms with van der Waals surface area (Å²) in [5, 5.41) is 0. The molecule has 0 aromatic rings. The van der Waals surface area contributed by atoms with Crippen LogP contribution in [0.4, 0.5) is 0 Å². The highest BCUT2D eigenvalue weighted by molar-refractivity contribution is 5.50. The summed E-state index contributed by atoms with van der Waals surface area (Å²) < 4.78 is 5.02. The molecule has 3 heteroatoms. The van der Waals surface area contributed by atoms with E-state index in [1.807, 2.05) is 0 Å². The second kappa shape index (κ2) is 9.21. The molecule has 0 fully saturated rings. The monoisotopic (exact) mass is 209 g/mol. The molecule has 0 aromatic heterocycles. The van der Waals surface area contributed by atoms with E-state index in [1.54, 1.807) is 12.2 Å². The summed E-state index contributed by atoms with van der Waals surface area (Å²) in [6, 6.07) is 0. The van der Waals surface area contributed by atoms with Gasteiger partial charge in [-0.05, 0) is 30.9 Å². The SMILES string of the molecule is C=C/C(N)=C(\C=C)CCCCOCC=O. The van der Waals surface area contributed by atoms with Crippen molar-refractivity contribution in [3.63, 3.8) is 0 Å². The third-order valence-corrected chi connectivity index (χ3v) is 2.01. The van der Waals surface area contributed by atoms with Crippen LogP contribution in [0.15, 0.2) is 36.6 Å². The van der Waals surface area contributed by atoms with Gasteiger partial charge in [0, 0.05) is 12.3 Å². The first-order valence-corrected chi connectivity index (χ1v) is 5.01. The maximum atomic E-state index is 9.95. The Morgan fingerprint density at radius 1 is 1.27 bits per heavy atom. The molecule has 3 nitrogen and oxygen atoms in total. The van der Waals surface area contributed by atoms with Crippen molar-refractivity contribution in [2.45, 2.75) is 19.3 Å². The molecule has 0 aromatic carbocycles. The van der Waals surface area contributed by atoms with E-state index in [1.165, 1.54) is 0 Å². The molecule has 0 aliphatic carbocycles. The first kappa shape index (κ1) is 13.7. The topological polar surface area (TPSA) is 52.3 Å². The van der Waals surface area contributed by atoms with Crippen molar-refractivity contribution in [1.29, 1.82) is 0 Å².